The van der Waals surface area contributed by atoms with Gasteiger partial charge in [-0.2, -0.15) is 0 Å². The van der Waals surface area contributed by atoms with Crippen LogP contribution in [0.3, 0.4) is 0 Å². The van der Waals surface area contributed by atoms with Gasteiger partial charge < -0.3 is 29.9 Å². The van der Waals surface area contributed by atoms with E-state index in [-0.39, 0.29) is 11.4 Å². The molecule has 0 radical (unpaired) electrons. The van der Waals surface area contributed by atoms with E-state index in [1.807, 2.05) is 0 Å². The number of aliphatic hydroxyl groups excluding tert-OH is 4. The maximum absolute atomic E-state index is 10.5. The van der Waals surface area contributed by atoms with Crippen LogP contribution in [-0.2, 0) is 4.74 Å². The molecule has 1 aromatic rings. The zero-order chi connectivity index (χ0) is 15.6. The van der Waals surface area contributed by atoms with Gasteiger partial charge in [0.25, 0.3) is 5.69 Å². The zero-order valence-corrected chi connectivity index (χ0v) is 10.8. The van der Waals surface area contributed by atoms with E-state index in [2.05, 4.69) is 0 Å². The highest BCUT2D eigenvalue weighted by Crippen LogP contribution is 2.27. The van der Waals surface area contributed by atoms with E-state index in [1.54, 1.807) is 0 Å². The number of non-ortho nitro benzene ring substituents is 1. The van der Waals surface area contributed by atoms with Crippen LogP contribution in [0.4, 0.5) is 5.69 Å². The first-order valence-corrected chi connectivity index (χ1v) is 6.15. The van der Waals surface area contributed by atoms with Crippen molar-refractivity contribution in [2.24, 2.45) is 0 Å². The van der Waals surface area contributed by atoms with Crippen LogP contribution in [0.2, 0.25) is 0 Å². The fraction of sp³-hybridized carbons (Fsp3) is 0.500. The van der Waals surface area contributed by atoms with Crippen molar-refractivity contribution in [1.82, 2.24) is 0 Å². The summed E-state index contributed by atoms with van der Waals surface area (Å²) in [6.07, 6.45) is -6.65. The minimum atomic E-state index is -1.42. The Morgan fingerprint density at radius 1 is 1.29 bits per heavy atom. The Morgan fingerprint density at radius 3 is 2.43 bits per heavy atom. The highest BCUT2D eigenvalue weighted by molar-refractivity contribution is 5.36. The molecule has 1 aliphatic rings. The molecular weight excluding hydrogens is 286 g/mol. The summed E-state index contributed by atoms with van der Waals surface area (Å²) < 4.78 is 10.4. The van der Waals surface area contributed by atoms with Crippen LogP contribution >= 0.6 is 0 Å². The lowest BCUT2D eigenvalue weighted by atomic mass is 10.1. The molecular formula is C12H15NO8. The van der Waals surface area contributed by atoms with E-state index in [4.69, 9.17) is 14.6 Å². The highest BCUT2D eigenvalue weighted by Gasteiger charge is 2.47. The molecule has 0 aliphatic carbocycles. The predicted molar refractivity (Wildman–Crippen MR) is 67.5 cm³/mol. The maximum Gasteiger partial charge on any atom is 0.269 e. The lowest BCUT2D eigenvalue weighted by Gasteiger charge is -2.18. The predicted octanol–water partition coefficient (Wildman–Crippen LogP) is -1.23. The smallest absolute Gasteiger partial charge is 0.269 e. The SMILES string of the molecule is O=[N+]([O-])c1ccc(O[C@@H]2O[C@H](C(O)CO)[C@@H](O)C2O)cc1. The highest BCUT2D eigenvalue weighted by atomic mass is 16.7. The number of nitro groups is 1. The van der Waals surface area contributed by atoms with Crippen LogP contribution in [0.1, 0.15) is 0 Å². The van der Waals surface area contributed by atoms with Gasteiger partial charge in [0.15, 0.2) is 0 Å². The summed E-state index contributed by atoms with van der Waals surface area (Å²) in [5, 5.41) is 48.3. The van der Waals surface area contributed by atoms with Crippen molar-refractivity contribution in [2.45, 2.75) is 30.7 Å². The van der Waals surface area contributed by atoms with E-state index in [0.29, 0.717) is 0 Å². The quantitative estimate of drug-likeness (QED) is 0.391. The number of aliphatic hydroxyl groups is 4. The third-order valence-electron chi connectivity index (χ3n) is 3.12. The molecule has 9 heteroatoms. The maximum atomic E-state index is 10.5. The molecule has 1 aliphatic heterocycles. The van der Waals surface area contributed by atoms with Crippen molar-refractivity contribution in [2.75, 3.05) is 6.61 Å². The fourth-order valence-electron chi connectivity index (χ4n) is 1.97. The van der Waals surface area contributed by atoms with Crippen molar-refractivity contribution in [3.8, 4) is 5.75 Å². The summed E-state index contributed by atoms with van der Waals surface area (Å²) in [7, 11) is 0. The average Bonchev–Trinajstić information content (AvgIpc) is 2.75. The first kappa shape index (κ1) is 15.6. The molecule has 0 amide bonds. The Hall–Kier alpha value is -1.78. The van der Waals surface area contributed by atoms with Gasteiger partial charge in [-0.15, -0.1) is 0 Å². The molecule has 21 heavy (non-hydrogen) atoms. The van der Waals surface area contributed by atoms with Crippen LogP contribution < -0.4 is 4.74 Å². The topological polar surface area (TPSA) is 143 Å². The van der Waals surface area contributed by atoms with Crippen LogP contribution in [0.15, 0.2) is 24.3 Å². The van der Waals surface area contributed by atoms with E-state index >= 15 is 0 Å². The second kappa shape index (κ2) is 6.33. The van der Waals surface area contributed by atoms with Crippen LogP contribution in [-0.4, -0.2) is 62.7 Å². The van der Waals surface area contributed by atoms with Crippen LogP contribution in [0, 0.1) is 10.1 Å². The van der Waals surface area contributed by atoms with E-state index in [1.165, 1.54) is 24.3 Å². The molecule has 0 saturated carbocycles. The summed E-state index contributed by atoms with van der Waals surface area (Å²) in [5.41, 5.74) is -0.121. The van der Waals surface area contributed by atoms with Crippen LogP contribution in [0.25, 0.3) is 0 Å². The molecule has 0 spiro atoms. The molecule has 1 saturated heterocycles. The zero-order valence-electron chi connectivity index (χ0n) is 10.8. The van der Waals surface area contributed by atoms with Gasteiger partial charge in [0.1, 0.15) is 30.2 Å². The number of nitrogens with zero attached hydrogens (tertiary/aromatic N) is 1. The second-order valence-corrected chi connectivity index (χ2v) is 4.57. The van der Waals surface area contributed by atoms with E-state index in [0.717, 1.165) is 0 Å². The number of rotatable bonds is 5. The van der Waals surface area contributed by atoms with Gasteiger partial charge in [0, 0.05) is 12.1 Å². The molecule has 2 rings (SSSR count). The van der Waals surface area contributed by atoms with Gasteiger partial charge in [-0.1, -0.05) is 0 Å². The van der Waals surface area contributed by atoms with E-state index < -0.39 is 42.2 Å². The molecule has 0 aromatic heterocycles. The molecule has 5 atom stereocenters. The molecule has 116 valence electrons. The summed E-state index contributed by atoms with van der Waals surface area (Å²) >= 11 is 0. The Morgan fingerprint density at radius 2 is 1.90 bits per heavy atom. The van der Waals surface area contributed by atoms with Crippen molar-refractivity contribution >= 4 is 5.69 Å². The summed E-state index contributed by atoms with van der Waals surface area (Å²) in [4.78, 5) is 9.95. The Labute approximate surface area is 119 Å². The van der Waals surface area contributed by atoms with Gasteiger partial charge in [-0.05, 0) is 12.1 Å². The van der Waals surface area contributed by atoms with Gasteiger partial charge in [0.05, 0.1) is 11.5 Å². The van der Waals surface area contributed by atoms with Gasteiger partial charge in [-0.25, -0.2) is 0 Å². The molecule has 4 N–H and O–H groups in total. The number of ether oxygens (including phenoxy) is 2. The van der Waals surface area contributed by atoms with E-state index in [9.17, 15) is 25.4 Å². The summed E-state index contributed by atoms with van der Waals surface area (Å²) in [5.74, 6) is 0.191. The van der Waals surface area contributed by atoms with Gasteiger partial charge in [0.2, 0.25) is 6.29 Å². The first-order valence-electron chi connectivity index (χ1n) is 6.15. The minimum absolute atomic E-state index is 0.121. The number of nitro benzene ring substituents is 1. The largest absolute Gasteiger partial charge is 0.462 e. The average molecular weight is 301 g/mol. The molecule has 1 heterocycles. The molecule has 1 fully saturated rings. The van der Waals surface area contributed by atoms with Crippen molar-refractivity contribution in [3.63, 3.8) is 0 Å². The number of hydrogen-bond acceptors (Lipinski definition) is 8. The first-order chi connectivity index (χ1) is 9.93. The van der Waals surface area contributed by atoms with Gasteiger partial charge in [-0.3, -0.25) is 10.1 Å². The lowest BCUT2D eigenvalue weighted by molar-refractivity contribution is -0.384. The molecule has 0 bridgehead atoms. The number of hydrogen-bond donors (Lipinski definition) is 4. The summed E-state index contributed by atoms with van der Waals surface area (Å²) in [6.45, 7) is -0.640. The van der Waals surface area contributed by atoms with Crippen molar-refractivity contribution < 1.29 is 34.8 Å². The summed E-state index contributed by atoms with van der Waals surface area (Å²) in [6, 6.07) is 5.06. The number of benzene rings is 1. The normalized spacial score (nSPS) is 30.1. The Bertz CT molecular complexity index is 493. The third-order valence-corrected chi connectivity index (χ3v) is 3.12. The minimum Gasteiger partial charge on any atom is -0.462 e. The third kappa shape index (κ3) is 3.28. The molecule has 1 aromatic carbocycles. The van der Waals surface area contributed by atoms with Gasteiger partial charge >= 0.3 is 0 Å². The second-order valence-electron chi connectivity index (χ2n) is 4.57. The monoisotopic (exact) mass is 301 g/mol. The lowest BCUT2D eigenvalue weighted by Crippen LogP contribution is -2.40. The molecule has 9 nitrogen and oxygen atoms in total. The Kier molecular flexibility index (Phi) is 4.70. The molecule has 2 unspecified atom stereocenters. The fourth-order valence-corrected chi connectivity index (χ4v) is 1.97. The van der Waals surface area contributed by atoms with Crippen molar-refractivity contribution in [1.29, 1.82) is 0 Å². The standard InChI is InChI=1S/C12H15NO8/c14-5-8(15)11-9(16)10(17)12(21-11)20-7-3-1-6(2-4-7)13(18)19/h1-4,8-12,14-17H,5H2/t8?,9-,10?,11+,12+/m0/s1. The Balaban J connectivity index is 2.04. The van der Waals surface area contributed by atoms with Crippen molar-refractivity contribution in [3.05, 3.63) is 34.4 Å². The van der Waals surface area contributed by atoms with Crippen LogP contribution in [0.5, 0.6) is 5.75 Å².